The maximum absolute atomic E-state index is 12.0. The van der Waals surface area contributed by atoms with Crippen molar-refractivity contribution in [2.75, 3.05) is 17.7 Å². The molecule has 0 bridgehead atoms. The average molecular weight is 391 g/mol. The molecule has 2 N–H and O–H groups in total. The molecule has 0 aliphatic heterocycles. The third-order valence-corrected chi connectivity index (χ3v) is 4.28. The number of carbonyl (C=O) groups excluding carboxylic acids is 1. The predicted octanol–water partition coefficient (Wildman–Crippen LogP) is 4.42. The summed E-state index contributed by atoms with van der Waals surface area (Å²) >= 11 is 7.04. The van der Waals surface area contributed by atoms with Crippen LogP contribution in [0.1, 0.15) is 5.01 Å². The molecule has 3 rings (SSSR count). The Morgan fingerprint density at radius 1 is 1.04 bits per heavy atom. The summed E-state index contributed by atoms with van der Waals surface area (Å²) in [6.45, 7) is 0.254. The van der Waals surface area contributed by atoms with E-state index in [4.69, 9.17) is 21.1 Å². The largest absolute Gasteiger partial charge is 0.497 e. The number of nitrogens with zero attached hydrogens (tertiary/aromatic N) is 2. The minimum atomic E-state index is -0.411. The summed E-state index contributed by atoms with van der Waals surface area (Å²) in [6.07, 6.45) is 0. The topological polar surface area (TPSA) is 85.4 Å². The summed E-state index contributed by atoms with van der Waals surface area (Å²) in [6, 6.07) is 13.6. The lowest BCUT2D eigenvalue weighted by Gasteiger charge is -2.05. The van der Waals surface area contributed by atoms with Gasteiger partial charge in [0.15, 0.2) is 5.01 Å². The van der Waals surface area contributed by atoms with Crippen molar-refractivity contribution in [3.8, 4) is 11.5 Å². The fourth-order valence-electron chi connectivity index (χ4n) is 1.97. The molecule has 0 aliphatic rings. The quantitative estimate of drug-likeness (QED) is 0.650. The van der Waals surface area contributed by atoms with E-state index in [1.165, 1.54) is 11.3 Å². The van der Waals surface area contributed by atoms with Gasteiger partial charge in [-0.3, -0.25) is 5.32 Å². The van der Waals surface area contributed by atoms with Gasteiger partial charge >= 0.3 is 6.03 Å². The van der Waals surface area contributed by atoms with E-state index in [0.717, 1.165) is 5.75 Å². The predicted molar refractivity (Wildman–Crippen MR) is 101 cm³/mol. The zero-order valence-electron chi connectivity index (χ0n) is 13.7. The molecule has 0 radical (unpaired) electrons. The van der Waals surface area contributed by atoms with Crippen molar-refractivity contribution in [1.82, 2.24) is 10.2 Å². The van der Waals surface area contributed by atoms with E-state index in [1.54, 1.807) is 43.5 Å². The summed E-state index contributed by atoms with van der Waals surface area (Å²) in [7, 11) is 1.61. The zero-order chi connectivity index (χ0) is 18.4. The summed E-state index contributed by atoms with van der Waals surface area (Å²) in [4.78, 5) is 12.0. The average Bonchev–Trinajstić information content (AvgIpc) is 3.09. The van der Waals surface area contributed by atoms with Crippen molar-refractivity contribution >= 4 is 39.8 Å². The number of hydrogen-bond donors (Lipinski definition) is 2. The lowest BCUT2D eigenvalue weighted by atomic mass is 10.3. The second-order valence-corrected chi connectivity index (χ2v) is 6.55. The second kappa shape index (κ2) is 8.50. The third kappa shape index (κ3) is 5.08. The number of nitrogens with one attached hydrogen (secondary N) is 2. The first kappa shape index (κ1) is 18.0. The fraction of sp³-hybridized carbons (Fsp3) is 0.118. The number of amides is 2. The maximum Gasteiger partial charge on any atom is 0.325 e. The molecule has 0 aliphatic carbocycles. The molecule has 1 aromatic heterocycles. The minimum absolute atomic E-state index is 0.254. The van der Waals surface area contributed by atoms with Gasteiger partial charge < -0.3 is 14.8 Å². The molecule has 0 spiro atoms. The maximum atomic E-state index is 12.0. The Kier molecular flexibility index (Phi) is 5.88. The van der Waals surface area contributed by atoms with Crippen LogP contribution in [-0.4, -0.2) is 23.3 Å². The van der Waals surface area contributed by atoms with Gasteiger partial charge in [0.1, 0.15) is 18.1 Å². The molecule has 0 atom stereocenters. The SMILES string of the molecule is COc1ccc(OCc2nnc(NC(=O)Nc3ccc(Cl)cc3)s2)cc1. The highest BCUT2D eigenvalue weighted by Gasteiger charge is 2.09. The molecule has 7 nitrogen and oxygen atoms in total. The molecule has 9 heteroatoms. The highest BCUT2D eigenvalue weighted by atomic mass is 35.5. The Bertz CT molecular complexity index is 868. The molecule has 2 amide bonds. The van der Waals surface area contributed by atoms with E-state index >= 15 is 0 Å². The first-order chi connectivity index (χ1) is 12.6. The molecule has 0 saturated carbocycles. The number of aromatic nitrogens is 2. The van der Waals surface area contributed by atoms with Crippen LogP contribution in [-0.2, 0) is 6.61 Å². The van der Waals surface area contributed by atoms with E-state index in [-0.39, 0.29) is 6.61 Å². The van der Waals surface area contributed by atoms with Crippen molar-refractivity contribution in [3.05, 3.63) is 58.6 Å². The molecule has 2 aromatic carbocycles. The Balaban J connectivity index is 1.50. The molecular formula is C17H15ClN4O3S. The number of methoxy groups -OCH3 is 1. The van der Waals surface area contributed by atoms with E-state index in [0.29, 0.717) is 26.6 Å². The Morgan fingerprint density at radius 2 is 1.73 bits per heavy atom. The fourth-order valence-corrected chi connectivity index (χ4v) is 2.75. The normalized spacial score (nSPS) is 10.2. The molecule has 0 fully saturated rings. The van der Waals surface area contributed by atoms with Gasteiger partial charge in [-0.25, -0.2) is 4.79 Å². The third-order valence-electron chi connectivity index (χ3n) is 3.21. The van der Waals surface area contributed by atoms with Crippen LogP contribution < -0.4 is 20.1 Å². The molecular weight excluding hydrogens is 376 g/mol. The van der Waals surface area contributed by atoms with Crippen molar-refractivity contribution < 1.29 is 14.3 Å². The first-order valence-electron chi connectivity index (χ1n) is 7.55. The van der Waals surface area contributed by atoms with Gasteiger partial charge in [0, 0.05) is 10.7 Å². The highest BCUT2D eigenvalue weighted by molar-refractivity contribution is 7.15. The molecule has 0 unspecified atom stereocenters. The van der Waals surface area contributed by atoms with Gasteiger partial charge in [-0.05, 0) is 48.5 Å². The Morgan fingerprint density at radius 3 is 2.42 bits per heavy atom. The molecule has 0 saturated heterocycles. The van der Waals surface area contributed by atoms with Gasteiger partial charge in [-0.1, -0.05) is 22.9 Å². The zero-order valence-corrected chi connectivity index (χ0v) is 15.3. The summed E-state index contributed by atoms with van der Waals surface area (Å²) in [5, 5.41) is 14.9. The van der Waals surface area contributed by atoms with E-state index < -0.39 is 6.03 Å². The number of carbonyl (C=O) groups is 1. The van der Waals surface area contributed by atoms with Crippen molar-refractivity contribution in [2.24, 2.45) is 0 Å². The van der Waals surface area contributed by atoms with E-state index in [1.807, 2.05) is 12.1 Å². The Labute approximate surface area is 158 Å². The minimum Gasteiger partial charge on any atom is -0.497 e. The van der Waals surface area contributed by atoms with Crippen LogP contribution in [0.5, 0.6) is 11.5 Å². The van der Waals surface area contributed by atoms with Crippen LogP contribution in [0, 0.1) is 0 Å². The van der Waals surface area contributed by atoms with Gasteiger partial charge in [0.25, 0.3) is 0 Å². The van der Waals surface area contributed by atoms with Crippen LogP contribution in [0.4, 0.5) is 15.6 Å². The number of ether oxygens (including phenoxy) is 2. The number of rotatable bonds is 6. The van der Waals surface area contributed by atoms with Crippen molar-refractivity contribution in [1.29, 1.82) is 0 Å². The summed E-state index contributed by atoms with van der Waals surface area (Å²) in [5.74, 6) is 1.45. The van der Waals surface area contributed by atoms with Crippen LogP contribution in [0.15, 0.2) is 48.5 Å². The second-order valence-electron chi connectivity index (χ2n) is 5.05. The number of benzene rings is 2. The van der Waals surface area contributed by atoms with Crippen LogP contribution >= 0.6 is 22.9 Å². The van der Waals surface area contributed by atoms with Crippen molar-refractivity contribution in [3.63, 3.8) is 0 Å². The lowest BCUT2D eigenvalue weighted by molar-refractivity contribution is 0.262. The number of hydrogen-bond acceptors (Lipinski definition) is 6. The van der Waals surface area contributed by atoms with Gasteiger partial charge in [0.05, 0.1) is 7.11 Å². The van der Waals surface area contributed by atoms with Crippen LogP contribution in [0.3, 0.4) is 0 Å². The van der Waals surface area contributed by atoms with Crippen LogP contribution in [0.2, 0.25) is 5.02 Å². The Hall–Kier alpha value is -2.84. The standard InChI is InChI=1S/C17H15ClN4O3S/c1-24-13-6-8-14(9-7-13)25-10-15-21-22-17(26-15)20-16(23)19-12-4-2-11(18)3-5-12/h2-9H,10H2,1H3,(H2,19,20,22,23). The molecule has 134 valence electrons. The molecule has 3 aromatic rings. The van der Waals surface area contributed by atoms with Gasteiger partial charge in [-0.2, -0.15) is 0 Å². The first-order valence-corrected chi connectivity index (χ1v) is 8.74. The number of anilines is 2. The van der Waals surface area contributed by atoms with Gasteiger partial charge in [-0.15, -0.1) is 10.2 Å². The van der Waals surface area contributed by atoms with Gasteiger partial charge in [0.2, 0.25) is 5.13 Å². The van der Waals surface area contributed by atoms with E-state index in [9.17, 15) is 4.79 Å². The van der Waals surface area contributed by atoms with E-state index in [2.05, 4.69) is 20.8 Å². The highest BCUT2D eigenvalue weighted by Crippen LogP contribution is 2.21. The molecule has 1 heterocycles. The lowest BCUT2D eigenvalue weighted by Crippen LogP contribution is -2.19. The molecule has 26 heavy (non-hydrogen) atoms. The monoisotopic (exact) mass is 390 g/mol. The number of urea groups is 1. The van der Waals surface area contributed by atoms with Crippen LogP contribution in [0.25, 0.3) is 0 Å². The number of halogens is 1. The summed E-state index contributed by atoms with van der Waals surface area (Å²) in [5.41, 5.74) is 0.625. The van der Waals surface area contributed by atoms with Crippen molar-refractivity contribution in [2.45, 2.75) is 6.61 Å². The summed E-state index contributed by atoms with van der Waals surface area (Å²) < 4.78 is 10.7. The smallest absolute Gasteiger partial charge is 0.325 e.